The van der Waals surface area contributed by atoms with E-state index in [9.17, 15) is 0 Å². The van der Waals surface area contributed by atoms with Crippen LogP contribution in [0.15, 0.2) is 60.7 Å². The van der Waals surface area contributed by atoms with Crippen molar-refractivity contribution in [2.24, 2.45) is 11.5 Å². The lowest BCUT2D eigenvalue weighted by atomic mass is 10.3. The van der Waals surface area contributed by atoms with Crippen molar-refractivity contribution in [1.29, 1.82) is 21.6 Å². The summed E-state index contributed by atoms with van der Waals surface area (Å²) in [5, 5.41) is 36.2. The van der Waals surface area contributed by atoms with Crippen molar-refractivity contribution in [3.8, 4) is 0 Å². The maximum atomic E-state index is 8.26. The van der Waals surface area contributed by atoms with E-state index in [4.69, 9.17) is 33.1 Å². The first-order valence-corrected chi connectivity index (χ1v) is 7.93. The smallest absolute Gasteiger partial charge is 0.203 e. The molecule has 0 radical (unpaired) electrons. The molecule has 10 heteroatoms. The Kier molecular flexibility index (Phi) is 6.31. The van der Waals surface area contributed by atoms with Crippen molar-refractivity contribution in [2.45, 2.75) is 0 Å². The third-order valence-corrected chi connectivity index (χ3v) is 3.46. The van der Waals surface area contributed by atoms with Crippen molar-refractivity contribution < 1.29 is 0 Å². The monoisotopic (exact) mass is 366 g/mol. The first-order valence-electron chi connectivity index (χ1n) is 7.93. The molecule has 2 aromatic rings. The van der Waals surface area contributed by atoms with Gasteiger partial charge in [-0.2, -0.15) is 0 Å². The van der Waals surface area contributed by atoms with Crippen LogP contribution < -0.4 is 31.9 Å². The third-order valence-electron chi connectivity index (χ3n) is 3.46. The van der Waals surface area contributed by atoms with Crippen molar-refractivity contribution >= 4 is 35.2 Å². The fourth-order valence-corrected chi connectivity index (χ4v) is 2.31. The molecule has 0 aliphatic carbocycles. The van der Waals surface area contributed by atoms with E-state index < -0.39 is 0 Å². The molecule has 0 amide bonds. The minimum absolute atomic E-state index is 0.0340. The van der Waals surface area contributed by atoms with Gasteiger partial charge in [0.05, 0.1) is 0 Å². The minimum Gasteiger partial charge on any atom is -0.370 e. The zero-order chi connectivity index (χ0) is 19.8. The van der Waals surface area contributed by atoms with E-state index in [1.165, 1.54) is 9.80 Å². The van der Waals surface area contributed by atoms with Gasteiger partial charge in [0.25, 0.3) is 0 Å². The Morgan fingerprint density at radius 2 is 1.00 bits per heavy atom. The Morgan fingerprint density at radius 1 is 0.667 bits per heavy atom. The average Bonchev–Trinajstić information content (AvgIpc) is 2.62. The van der Waals surface area contributed by atoms with E-state index in [0.717, 1.165) is 0 Å². The van der Waals surface area contributed by atoms with Crippen LogP contribution in [0, 0.1) is 21.6 Å². The van der Waals surface area contributed by atoms with Crippen molar-refractivity contribution in [3.63, 3.8) is 0 Å². The molecule has 0 aromatic heterocycles. The molecular weight excluding hydrogens is 344 g/mol. The van der Waals surface area contributed by atoms with E-state index in [0.29, 0.717) is 11.4 Å². The summed E-state index contributed by atoms with van der Waals surface area (Å²) < 4.78 is 0. The fourth-order valence-electron chi connectivity index (χ4n) is 2.31. The molecule has 0 atom stereocenters. The summed E-state index contributed by atoms with van der Waals surface area (Å²) in [5.41, 5.74) is 12.1. The maximum absolute atomic E-state index is 8.26. The molecule has 140 valence electrons. The molecule has 0 bridgehead atoms. The number of nitrogens with zero attached hydrogens (tertiary/aromatic N) is 2. The van der Waals surface area contributed by atoms with Gasteiger partial charge >= 0.3 is 0 Å². The molecular formula is C17H22N10. The number of guanidine groups is 4. The third kappa shape index (κ3) is 5.46. The lowest BCUT2D eigenvalue weighted by molar-refractivity contribution is 0.916. The van der Waals surface area contributed by atoms with E-state index in [1.807, 2.05) is 36.4 Å². The maximum Gasteiger partial charge on any atom is 0.203 e. The number of para-hydroxylation sites is 2. The van der Waals surface area contributed by atoms with Gasteiger partial charge in [-0.15, -0.1) is 0 Å². The zero-order valence-electron chi connectivity index (χ0n) is 14.5. The van der Waals surface area contributed by atoms with Crippen molar-refractivity contribution in [3.05, 3.63) is 60.7 Å². The quantitative estimate of drug-likeness (QED) is 0.225. The average molecular weight is 366 g/mol. The Balaban J connectivity index is 2.39. The van der Waals surface area contributed by atoms with Crippen LogP contribution in [0.1, 0.15) is 0 Å². The van der Waals surface area contributed by atoms with Crippen molar-refractivity contribution in [1.82, 2.24) is 10.6 Å². The molecule has 2 rings (SSSR count). The second-order valence-corrected chi connectivity index (χ2v) is 5.44. The Bertz CT molecular complexity index is 749. The summed E-state index contributed by atoms with van der Waals surface area (Å²) in [6.45, 7) is 0.0340. The molecule has 10 N–H and O–H groups in total. The van der Waals surface area contributed by atoms with Crippen LogP contribution in [0.5, 0.6) is 0 Å². The van der Waals surface area contributed by atoms with Crippen LogP contribution in [0.25, 0.3) is 0 Å². The topological polar surface area (TPSA) is 178 Å². The largest absolute Gasteiger partial charge is 0.370 e. The molecule has 0 aliphatic heterocycles. The molecule has 2 aromatic carbocycles. The molecule has 0 saturated heterocycles. The van der Waals surface area contributed by atoms with Crippen LogP contribution in [0.2, 0.25) is 0 Å². The molecule has 0 heterocycles. The first kappa shape index (κ1) is 19.2. The van der Waals surface area contributed by atoms with Crippen LogP contribution >= 0.6 is 0 Å². The molecule has 0 fully saturated rings. The normalized spacial score (nSPS) is 9.78. The standard InChI is InChI=1S/C17H22N10/c18-14(19)24-16(22)26(12-7-3-1-4-8-12)11-27(17(23)25-15(20)21)13-9-5-2-6-10-13/h1-10H,11H2,(H5,18,19,22,24)(H5,20,21,23,25). The number of nitrogens with one attached hydrogen (secondary N) is 6. The van der Waals surface area contributed by atoms with Crippen LogP contribution in [0.3, 0.4) is 0 Å². The van der Waals surface area contributed by atoms with Crippen LogP contribution in [-0.4, -0.2) is 30.5 Å². The second-order valence-electron chi connectivity index (χ2n) is 5.44. The lowest BCUT2D eigenvalue weighted by Gasteiger charge is -2.33. The predicted molar refractivity (Wildman–Crippen MR) is 108 cm³/mol. The van der Waals surface area contributed by atoms with Gasteiger partial charge in [0.1, 0.15) is 6.67 Å². The highest BCUT2D eigenvalue weighted by Crippen LogP contribution is 2.18. The number of hydrogen-bond acceptors (Lipinski definition) is 4. The Labute approximate surface area is 156 Å². The second kappa shape index (κ2) is 8.85. The van der Waals surface area contributed by atoms with Gasteiger partial charge < -0.3 is 11.5 Å². The molecule has 0 saturated carbocycles. The first-order chi connectivity index (χ1) is 12.9. The van der Waals surface area contributed by atoms with E-state index in [1.54, 1.807) is 24.3 Å². The van der Waals surface area contributed by atoms with Gasteiger partial charge in [-0.1, -0.05) is 36.4 Å². The Hall–Kier alpha value is -4.08. The fraction of sp³-hybridized carbons (Fsp3) is 0.0588. The molecule has 0 unspecified atom stereocenters. The highest BCUT2D eigenvalue weighted by molar-refractivity contribution is 6.07. The number of rotatable bonds is 4. The summed E-state index contributed by atoms with van der Waals surface area (Å²) in [6, 6.07) is 18.1. The Morgan fingerprint density at radius 3 is 1.30 bits per heavy atom. The van der Waals surface area contributed by atoms with E-state index >= 15 is 0 Å². The summed E-state index contributed by atoms with van der Waals surface area (Å²) in [6.07, 6.45) is 0. The highest BCUT2D eigenvalue weighted by atomic mass is 15.4. The zero-order valence-corrected chi connectivity index (χ0v) is 14.5. The van der Waals surface area contributed by atoms with Crippen LogP contribution in [0.4, 0.5) is 11.4 Å². The van der Waals surface area contributed by atoms with Crippen LogP contribution in [-0.2, 0) is 0 Å². The van der Waals surface area contributed by atoms with Gasteiger partial charge in [-0.25, -0.2) is 0 Å². The minimum atomic E-state index is -0.371. The number of anilines is 2. The predicted octanol–water partition coefficient (Wildman–Crippen LogP) is 0.793. The summed E-state index contributed by atoms with van der Waals surface area (Å²) in [4.78, 5) is 3.06. The molecule has 0 aliphatic rings. The lowest BCUT2D eigenvalue weighted by Crippen LogP contribution is -2.54. The summed E-state index contributed by atoms with van der Waals surface area (Å²) in [5.74, 6) is -1.01. The van der Waals surface area contributed by atoms with Crippen molar-refractivity contribution in [2.75, 3.05) is 16.5 Å². The number of hydrogen-bond donors (Lipinski definition) is 8. The summed E-state index contributed by atoms with van der Waals surface area (Å²) >= 11 is 0. The van der Waals surface area contributed by atoms with E-state index in [-0.39, 0.29) is 30.5 Å². The van der Waals surface area contributed by atoms with Gasteiger partial charge in [-0.05, 0) is 24.3 Å². The molecule has 27 heavy (non-hydrogen) atoms. The SMILES string of the molecule is N=C(N)NC(=N)N(CN(C(=N)NC(=N)N)c1ccccc1)c1ccccc1. The van der Waals surface area contributed by atoms with Gasteiger partial charge in [0.15, 0.2) is 11.9 Å². The number of benzene rings is 2. The van der Waals surface area contributed by atoms with E-state index in [2.05, 4.69) is 10.6 Å². The molecule has 10 nitrogen and oxygen atoms in total. The summed E-state index contributed by atoms with van der Waals surface area (Å²) in [7, 11) is 0. The van der Waals surface area contributed by atoms with Gasteiger partial charge in [0, 0.05) is 11.4 Å². The molecule has 0 spiro atoms. The highest BCUT2D eigenvalue weighted by Gasteiger charge is 2.20. The number of nitrogens with two attached hydrogens (primary N) is 2. The van der Waals surface area contributed by atoms with Gasteiger partial charge in [0.2, 0.25) is 11.9 Å². The van der Waals surface area contributed by atoms with Gasteiger partial charge in [-0.3, -0.25) is 42.1 Å².